The van der Waals surface area contributed by atoms with Crippen LogP contribution in [0.25, 0.3) is 0 Å². The van der Waals surface area contributed by atoms with Gasteiger partial charge in [-0.1, -0.05) is 18.2 Å². The second kappa shape index (κ2) is 7.59. The van der Waals surface area contributed by atoms with Crippen LogP contribution in [0.15, 0.2) is 29.4 Å². The lowest BCUT2D eigenvalue weighted by atomic mass is 10.1. The quantitative estimate of drug-likeness (QED) is 0.871. The van der Waals surface area contributed by atoms with E-state index < -0.39 is 0 Å². The van der Waals surface area contributed by atoms with Crippen LogP contribution in [-0.4, -0.2) is 42.3 Å². The molecule has 1 heterocycles. The molecule has 0 unspecified atom stereocenters. The number of hydrazone groups is 1. The molecule has 118 valence electrons. The van der Waals surface area contributed by atoms with E-state index in [-0.39, 0.29) is 12.0 Å². The van der Waals surface area contributed by atoms with E-state index in [0.29, 0.717) is 38.1 Å². The van der Waals surface area contributed by atoms with Gasteiger partial charge in [-0.25, -0.2) is 10.2 Å². The van der Waals surface area contributed by atoms with Gasteiger partial charge in [0.25, 0.3) is 5.91 Å². The first-order valence-corrected chi connectivity index (χ1v) is 7.45. The van der Waals surface area contributed by atoms with E-state index >= 15 is 0 Å². The Morgan fingerprint density at radius 2 is 1.95 bits per heavy atom. The van der Waals surface area contributed by atoms with Gasteiger partial charge in [-0.05, 0) is 25.5 Å². The van der Waals surface area contributed by atoms with Gasteiger partial charge in [0.15, 0.2) is 0 Å². The fourth-order valence-electron chi connectivity index (χ4n) is 2.29. The number of likely N-dealkylation sites (tertiary alicyclic amines) is 1. The molecule has 0 atom stereocenters. The molecule has 1 N–H and O–H groups in total. The summed E-state index contributed by atoms with van der Waals surface area (Å²) in [6.07, 6.45) is 1.00. The van der Waals surface area contributed by atoms with E-state index in [1.807, 2.05) is 25.1 Å². The Morgan fingerprint density at radius 3 is 2.59 bits per heavy atom. The molecule has 1 aromatic carbocycles. The largest absolute Gasteiger partial charge is 0.450 e. The topological polar surface area (TPSA) is 71.0 Å². The SMILES string of the molecule is CCOC(=O)N1CCC(=NNC(=O)c2ccccc2C)CC1. The summed E-state index contributed by atoms with van der Waals surface area (Å²) in [6.45, 7) is 5.19. The van der Waals surface area contributed by atoms with Crippen LogP contribution in [0.3, 0.4) is 0 Å². The maximum Gasteiger partial charge on any atom is 0.409 e. The highest BCUT2D eigenvalue weighted by atomic mass is 16.6. The van der Waals surface area contributed by atoms with Gasteiger partial charge >= 0.3 is 6.09 Å². The molecule has 0 spiro atoms. The maximum atomic E-state index is 12.1. The number of nitrogens with one attached hydrogen (secondary N) is 1. The van der Waals surface area contributed by atoms with Gasteiger partial charge in [0.2, 0.25) is 0 Å². The summed E-state index contributed by atoms with van der Waals surface area (Å²) in [5.74, 6) is -0.210. The summed E-state index contributed by atoms with van der Waals surface area (Å²) in [5, 5.41) is 4.18. The fraction of sp³-hybridized carbons (Fsp3) is 0.438. The molecule has 0 aromatic heterocycles. The molecule has 1 aromatic rings. The molecule has 22 heavy (non-hydrogen) atoms. The second-order valence-corrected chi connectivity index (χ2v) is 5.12. The summed E-state index contributed by atoms with van der Waals surface area (Å²) >= 11 is 0. The Kier molecular flexibility index (Phi) is 5.52. The number of ether oxygens (including phenoxy) is 1. The summed E-state index contributed by atoms with van der Waals surface area (Å²) < 4.78 is 4.96. The smallest absolute Gasteiger partial charge is 0.409 e. The number of hydrogen-bond donors (Lipinski definition) is 1. The van der Waals surface area contributed by atoms with Gasteiger partial charge in [-0.2, -0.15) is 5.10 Å². The molecule has 0 saturated carbocycles. The minimum absolute atomic E-state index is 0.210. The van der Waals surface area contributed by atoms with Crippen molar-refractivity contribution in [2.75, 3.05) is 19.7 Å². The molecule has 2 amide bonds. The van der Waals surface area contributed by atoms with Gasteiger partial charge in [0, 0.05) is 37.2 Å². The number of rotatable bonds is 3. The van der Waals surface area contributed by atoms with Gasteiger partial charge in [-0.3, -0.25) is 4.79 Å². The van der Waals surface area contributed by atoms with Crippen molar-refractivity contribution in [3.05, 3.63) is 35.4 Å². The van der Waals surface area contributed by atoms with Crippen LogP contribution in [0.5, 0.6) is 0 Å². The number of hydrogen-bond acceptors (Lipinski definition) is 4. The van der Waals surface area contributed by atoms with Crippen LogP contribution in [0.1, 0.15) is 35.7 Å². The molecule has 1 saturated heterocycles. The Morgan fingerprint density at radius 1 is 1.27 bits per heavy atom. The third-order valence-electron chi connectivity index (χ3n) is 3.57. The van der Waals surface area contributed by atoms with Crippen LogP contribution >= 0.6 is 0 Å². The van der Waals surface area contributed by atoms with Gasteiger partial charge in [0.1, 0.15) is 0 Å². The van der Waals surface area contributed by atoms with Crippen LogP contribution in [-0.2, 0) is 4.74 Å². The fourth-order valence-corrected chi connectivity index (χ4v) is 2.29. The summed E-state index contributed by atoms with van der Waals surface area (Å²) in [5.41, 5.74) is 5.02. The van der Waals surface area contributed by atoms with E-state index in [1.165, 1.54) is 0 Å². The first-order chi connectivity index (χ1) is 10.6. The van der Waals surface area contributed by atoms with Crippen molar-refractivity contribution in [1.82, 2.24) is 10.3 Å². The lowest BCUT2D eigenvalue weighted by molar-refractivity contribution is 0.0951. The van der Waals surface area contributed by atoms with Crippen LogP contribution < -0.4 is 5.43 Å². The molecule has 1 fully saturated rings. The minimum atomic E-state index is -0.287. The standard InChI is InChI=1S/C16H21N3O3/c1-3-22-16(21)19-10-8-13(9-11-19)17-18-15(20)14-7-5-4-6-12(14)2/h4-7H,3,8-11H2,1-2H3,(H,18,20). The maximum absolute atomic E-state index is 12.1. The Hall–Kier alpha value is -2.37. The summed E-state index contributed by atoms with van der Waals surface area (Å²) in [4.78, 5) is 25.3. The van der Waals surface area contributed by atoms with Crippen molar-refractivity contribution in [3.8, 4) is 0 Å². The molecule has 6 heteroatoms. The van der Waals surface area contributed by atoms with Gasteiger partial charge in [0.05, 0.1) is 6.61 Å². The van der Waals surface area contributed by atoms with Crippen LogP contribution in [0.2, 0.25) is 0 Å². The predicted molar refractivity (Wildman–Crippen MR) is 83.9 cm³/mol. The van der Waals surface area contributed by atoms with E-state index in [2.05, 4.69) is 10.5 Å². The zero-order chi connectivity index (χ0) is 15.9. The number of carbonyl (C=O) groups excluding carboxylic acids is 2. The monoisotopic (exact) mass is 303 g/mol. The first-order valence-electron chi connectivity index (χ1n) is 7.45. The molecule has 2 rings (SSSR count). The zero-order valence-corrected chi connectivity index (χ0v) is 13.0. The summed E-state index contributed by atoms with van der Waals surface area (Å²) in [7, 11) is 0. The van der Waals surface area contributed by atoms with E-state index in [0.717, 1.165) is 11.3 Å². The number of amides is 2. The highest BCUT2D eigenvalue weighted by Gasteiger charge is 2.20. The molecule has 0 radical (unpaired) electrons. The van der Waals surface area contributed by atoms with Crippen molar-refractivity contribution < 1.29 is 14.3 Å². The molecule has 6 nitrogen and oxygen atoms in total. The number of carbonyl (C=O) groups is 2. The number of nitrogens with zero attached hydrogens (tertiary/aromatic N) is 2. The van der Waals surface area contributed by atoms with E-state index in [9.17, 15) is 9.59 Å². The normalized spacial score (nSPS) is 14.5. The second-order valence-electron chi connectivity index (χ2n) is 5.12. The molecule has 0 bridgehead atoms. The molecular weight excluding hydrogens is 282 g/mol. The van der Waals surface area contributed by atoms with Crippen LogP contribution in [0.4, 0.5) is 4.79 Å². The number of aryl methyl sites for hydroxylation is 1. The highest BCUT2D eigenvalue weighted by Crippen LogP contribution is 2.10. The Bertz CT molecular complexity index is 574. The van der Waals surface area contributed by atoms with Gasteiger partial charge in [-0.15, -0.1) is 0 Å². The third-order valence-corrected chi connectivity index (χ3v) is 3.57. The lowest BCUT2D eigenvalue weighted by Crippen LogP contribution is -2.39. The Balaban J connectivity index is 1.87. The van der Waals surface area contributed by atoms with E-state index in [4.69, 9.17) is 4.74 Å². The first kappa shape index (κ1) is 16.0. The van der Waals surface area contributed by atoms with Crippen molar-refractivity contribution in [2.45, 2.75) is 26.7 Å². The molecule has 1 aliphatic rings. The highest BCUT2D eigenvalue weighted by molar-refractivity contribution is 5.96. The van der Waals surface area contributed by atoms with E-state index in [1.54, 1.807) is 17.9 Å². The molecule has 0 aliphatic carbocycles. The Labute approximate surface area is 130 Å². The predicted octanol–water partition coefficient (Wildman–Crippen LogP) is 2.33. The average molecular weight is 303 g/mol. The van der Waals surface area contributed by atoms with Crippen molar-refractivity contribution in [2.24, 2.45) is 5.10 Å². The van der Waals surface area contributed by atoms with Crippen molar-refractivity contribution in [3.63, 3.8) is 0 Å². The number of piperidine rings is 1. The average Bonchev–Trinajstić information content (AvgIpc) is 2.54. The van der Waals surface area contributed by atoms with Crippen LogP contribution in [0, 0.1) is 6.92 Å². The van der Waals surface area contributed by atoms with Crippen molar-refractivity contribution in [1.29, 1.82) is 0 Å². The zero-order valence-electron chi connectivity index (χ0n) is 13.0. The summed E-state index contributed by atoms with van der Waals surface area (Å²) in [6, 6.07) is 7.38. The van der Waals surface area contributed by atoms with Crippen molar-refractivity contribution >= 4 is 17.7 Å². The molecule has 1 aliphatic heterocycles. The molecular formula is C16H21N3O3. The lowest BCUT2D eigenvalue weighted by Gasteiger charge is -2.26. The third kappa shape index (κ3) is 4.07. The van der Waals surface area contributed by atoms with Gasteiger partial charge < -0.3 is 9.64 Å². The number of benzene rings is 1. The minimum Gasteiger partial charge on any atom is -0.450 e.